The first kappa shape index (κ1) is 28.9. The molecule has 1 atom stereocenters. The molecule has 6 rings (SSSR count). The van der Waals surface area contributed by atoms with Crippen molar-refractivity contribution >= 4 is 33.9 Å². The first-order valence-corrected chi connectivity index (χ1v) is 14.3. The minimum Gasteiger partial charge on any atom is -0.444 e. The molecule has 0 spiro atoms. The third kappa shape index (κ3) is 5.37. The van der Waals surface area contributed by atoms with Crippen LogP contribution in [0.1, 0.15) is 48.0 Å². The van der Waals surface area contributed by atoms with E-state index in [1.165, 1.54) is 0 Å². The molecule has 1 N–H and O–H groups in total. The number of carbonyl (C=O) groups excluding carboxylic acids is 2. The van der Waals surface area contributed by atoms with Crippen LogP contribution in [0.25, 0.3) is 33.5 Å². The highest BCUT2D eigenvalue weighted by atomic mass is 19.1. The number of imidazole rings is 1. The number of fused-ring (bicyclic) bond motifs is 3. The van der Waals surface area contributed by atoms with Crippen LogP contribution in [0.3, 0.4) is 0 Å². The Balaban J connectivity index is 1.34. The third-order valence-corrected chi connectivity index (χ3v) is 7.70. The zero-order valence-corrected chi connectivity index (χ0v) is 24.9. The normalized spacial score (nSPS) is 14.1. The monoisotopic (exact) mass is 597 g/mol. The second-order valence-corrected chi connectivity index (χ2v) is 11.9. The molecular formula is C32H32FN7O4. The summed E-state index contributed by atoms with van der Waals surface area (Å²) in [6.45, 7) is 5.09. The minimum atomic E-state index is -0.898. The highest BCUT2D eigenvalue weighted by Crippen LogP contribution is 2.34. The Morgan fingerprint density at radius 3 is 2.77 bits per heavy atom. The van der Waals surface area contributed by atoms with Crippen molar-refractivity contribution in [1.29, 1.82) is 5.26 Å². The first-order valence-electron chi connectivity index (χ1n) is 14.3. The van der Waals surface area contributed by atoms with Crippen LogP contribution in [0, 0.1) is 11.3 Å². The number of nitrogens with zero attached hydrogens (tertiary/aromatic N) is 6. The average Bonchev–Trinajstić information content (AvgIpc) is 3.70. The Bertz CT molecular complexity index is 1930. The van der Waals surface area contributed by atoms with Gasteiger partial charge in [0.2, 0.25) is 0 Å². The number of alkyl carbamates (subject to hydrolysis) is 1. The van der Waals surface area contributed by atoms with Crippen LogP contribution < -0.4 is 5.32 Å². The molecule has 44 heavy (non-hydrogen) atoms. The van der Waals surface area contributed by atoms with Gasteiger partial charge in [-0.05, 0) is 57.0 Å². The van der Waals surface area contributed by atoms with Crippen molar-refractivity contribution in [3.05, 3.63) is 71.1 Å². The summed E-state index contributed by atoms with van der Waals surface area (Å²) in [5.74, 6) is 1.04. The second-order valence-electron chi connectivity index (χ2n) is 11.9. The number of ether oxygens (including phenoxy) is 1. The van der Waals surface area contributed by atoms with Gasteiger partial charge in [0.1, 0.15) is 18.3 Å². The summed E-state index contributed by atoms with van der Waals surface area (Å²) in [5, 5.41) is 17.1. The molecule has 3 aromatic heterocycles. The Hall–Kier alpha value is -5.18. The molecule has 0 saturated heterocycles. The molecule has 0 aliphatic carbocycles. The quantitative estimate of drug-likeness (QED) is 0.280. The summed E-state index contributed by atoms with van der Waals surface area (Å²) in [7, 11) is 1.92. The molecule has 2 aromatic carbocycles. The molecule has 2 amide bonds. The van der Waals surface area contributed by atoms with Crippen LogP contribution in [-0.2, 0) is 24.8 Å². The molecule has 12 heteroatoms. The molecule has 11 nitrogen and oxygen atoms in total. The van der Waals surface area contributed by atoms with E-state index >= 15 is 0 Å². The summed E-state index contributed by atoms with van der Waals surface area (Å²) in [5.41, 5.74) is 4.20. The van der Waals surface area contributed by atoms with Gasteiger partial charge >= 0.3 is 6.09 Å². The van der Waals surface area contributed by atoms with Crippen molar-refractivity contribution in [2.24, 2.45) is 7.05 Å². The summed E-state index contributed by atoms with van der Waals surface area (Å²) < 4.78 is 28.5. The van der Waals surface area contributed by atoms with E-state index in [9.17, 15) is 19.2 Å². The Morgan fingerprint density at radius 1 is 1.25 bits per heavy atom. The SMILES string of the molecule is Cn1c(-c2cc3cccc(C#N)c3n2Cc2ccno2)nc2cc3c(cc21)CCN(C[C@@H](CF)NC(=O)OC(C)(C)C)C3=O. The number of nitrogens with one attached hydrogen (secondary N) is 1. The number of aryl methyl sites for hydroxylation is 1. The summed E-state index contributed by atoms with van der Waals surface area (Å²) >= 11 is 0. The number of benzene rings is 2. The molecule has 0 fully saturated rings. The Kier molecular flexibility index (Phi) is 7.33. The van der Waals surface area contributed by atoms with E-state index in [2.05, 4.69) is 16.5 Å². The van der Waals surface area contributed by atoms with Gasteiger partial charge in [-0.2, -0.15) is 5.26 Å². The van der Waals surface area contributed by atoms with Gasteiger partial charge in [-0.25, -0.2) is 14.2 Å². The number of para-hydroxylation sites is 1. The lowest BCUT2D eigenvalue weighted by Gasteiger charge is -2.31. The van der Waals surface area contributed by atoms with Gasteiger partial charge in [0.05, 0.1) is 46.6 Å². The van der Waals surface area contributed by atoms with E-state index in [0.29, 0.717) is 47.7 Å². The van der Waals surface area contributed by atoms with Crippen molar-refractivity contribution in [2.75, 3.05) is 19.8 Å². The van der Waals surface area contributed by atoms with Gasteiger partial charge in [-0.1, -0.05) is 17.3 Å². The van der Waals surface area contributed by atoms with Crippen LogP contribution in [0.4, 0.5) is 9.18 Å². The van der Waals surface area contributed by atoms with Crippen LogP contribution in [0.15, 0.2) is 53.2 Å². The van der Waals surface area contributed by atoms with Crippen molar-refractivity contribution in [1.82, 2.24) is 29.5 Å². The molecule has 1 aliphatic rings. The maximum absolute atomic E-state index is 13.9. The minimum absolute atomic E-state index is 0.0164. The fourth-order valence-electron chi connectivity index (χ4n) is 5.74. The number of halogens is 1. The molecule has 5 aromatic rings. The lowest BCUT2D eigenvalue weighted by Crippen LogP contribution is -2.50. The summed E-state index contributed by atoms with van der Waals surface area (Å²) in [6, 6.07) is 14.5. The molecular weight excluding hydrogens is 565 g/mol. The zero-order valence-electron chi connectivity index (χ0n) is 24.9. The van der Waals surface area contributed by atoms with E-state index in [1.807, 2.05) is 40.4 Å². The lowest BCUT2D eigenvalue weighted by molar-refractivity contribution is 0.0466. The lowest BCUT2D eigenvalue weighted by atomic mass is 9.97. The molecule has 226 valence electrons. The predicted octanol–water partition coefficient (Wildman–Crippen LogP) is 4.96. The highest BCUT2D eigenvalue weighted by Gasteiger charge is 2.30. The van der Waals surface area contributed by atoms with Crippen molar-refractivity contribution in [2.45, 2.75) is 45.4 Å². The van der Waals surface area contributed by atoms with Gasteiger partial charge < -0.3 is 28.6 Å². The number of hydrogen-bond acceptors (Lipinski definition) is 7. The van der Waals surface area contributed by atoms with Crippen LogP contribution in [-0.4, -0.2) is 67.6 Å². The standard InChI is InChI=1S/C32H32FN7O4/c1-32(2,3)43-31(42)36-22(15-33)17-39-11-9-19-12-26-25(14-24(19)30(39)41)37-29(38(26)4)27-13-20-6-5-7-21(16-34)28(20)40(27)18-23-8-10-35-44-23/h5-8,10,12-14,22H,9,11,15,17-18H2,1-4H3,(H,36,42)/t22-/m1/s1. The van der Waals surface area contributed by atoms with Crippen LogP contribution in [0.2, 0.25) is 0 Å². The number of carbonyl (C=O) groups is 2. The highest BCUT2D eigenvalue weighted by molar-refractivity contribution is 6.01. The Labute approximate surface area is 252 Å². The molecule has 4 heterocycles. The largest absolute Gasteiger partial charge is 0.444 e. The molecule has 1 aliphatic heterocycles. The maximum atomic E-state index is 13.9. The Morgan fingerprint density at radius 2 is 2.07 bits per heavy atom. The maximum Gasteiger partial charge on any atom is 0.408 e. The number of aromatic nitrogens is 4. The molecule has 0 saturated carbocycles. The van der Waals surface area contributed by atoms with Crippen molar-refractivity contribution in [3.8, 4) is 17.6 Å². The van der Waals surface area contributed by atoms with E-state index in [1.54, 1.807) is 50.1 Å². The van der Waals surface area contributed by atoms with Gasteiger partial charge in [0, 0.05) is 37.2 Å². The van der Waals surface area contributed by atoms with E-state index in [4.69, 9.17) is 14.2 Å². The molecule has 0 bridgehead atoms. The van der Waals surface area contributed by atoms with Crippen molar-refractivity contribution in [3.63, 3.8) is 0 Å². The number of hydrogen-bond donors (Lipinski definition) is 1. The number of nitriles is 1. The van der Waals surface area contributed by atoms with E-state index < -0.39 is 24.4 Å². The number of amides is 2. The van der Waals surface area contributed by atoms with Gasteiger partial charge in [-0.15, -0.1) is 0 Å². The summed E-state index contributed by atoms with van der Waals surface area (Å²) in [6.07, 6.45) is 1.42. The molecule has 0 unspecified atom stereocenters. The number of alkyl halides is 1. The topological polar surface area (TPSA) is 131 Å². The fraction of sp³-hybridized carbons (Fsp3) is 0.344. The summed E-state index contributed by atoms with van der Waals surface area (Å²) in [4.78, 5) is 32.3. The fourth-order valence-corrected chi connectivity index (χ4v) is 5.74. The number of rotatable bonds is 7. The third-order valence-electron chi connectivity index (χ3n) is 7.70. The first-order chi connectivity index (χ1) is 21.1. The van der Waals surface area contributed by atoms with E-state index in [-0.39, 0.29) is 12.5 Å². The smallest absolute Gasteiger partial charge is 0.408 e. The van der Waals surface area contributed by atoms with Crippen molar-refractivity contribution < 1.29 is 23.2 Å². The zero-order chi connectivity index (χ0) is 31.2. The second kappa shape index (κ2) is 11.1. The molecule has 0 radical (unpaired) electrons. The predicted molar refractivity (Wildman–Crippen MR) is 161 cm³/mol. The van der Waals surface area contributed by atoms with E-state index in [0.717, 1.165) is 27.7 Å². The van der Waals surface area contributed by atoms with Gasteiger partial charge in [0.25, 0.3) is 5.91 Å². The van der Waals surface area contributed by atoms with Gasteiger partial charge in [-0.3, -0.25) is 4.79 Å². The van der Waals surface area contributed by atoms with Crippen LogP contribution in [0.5, 0.6) is 0 Å². The van der Waals surface area contributed by atoms with Gasteiger partial charge in [0.15, 0.2) is 11.6 Å². The average molecular weight is 598 g/mol. The van der Waals surface area contributed by atoms with Crippen LogP contribution >= 0.6 is 0 Å².